The van der Waals surface area contributed by atoms with Gasteiger partial charge < -0.3 is 13.8 Å². The zero-order valence-corrected chi connectivity index (χ0v) is 39.5. The Kier molecular flexibility index (Phi) is 7.54. The Hall–Kier alpha value is -7.30. The van der Waals surface area contributed by atoms with Gasteiger partial charge in [0.2, 0.25) is 0 Å². The van der Waals surface area contributed by atoms with E-state index in [1.54, 1.807) is 0 Å². The fraction of sp³-hybridized carbons (Fsp3) is 0.175. The Morgan fingerprint density at radius 1 is 0.537 bits per heavy atom. The van der Waals surface area contributed by atoms with Crippen LogP contribution in [0.25, 0.3) is 93.6 Å². The number of benzene rings is 9. The van der Waals surface area contributed by atoms with Gasteiger partial charge >= 0.3 is 6.85 Å². The van der Waals surface area contributed by atoms with E-state index < -0.39 is 0 Å². The fourth-order valence-corrected chi connectivity index (χ4v) is 12.5. The Morgan fingerprint density at radius 3 is 1.99 bits per heavy atom. The lowest BCUT2D eigenvalue weighted by Crippen LogP contribution is -2.61. The van der Waals surface area contributed by atoms with E-state index in [4.69, 9.17) is 4.42 Å². The number of anilines is 2. The molecule has 0 atom stereocenters. The quantitative estimate of drug-likeness (QED) is 0.162. The maximum absolute atomic E-state index is 6.94. The van der Waals surface area contributed by atoms with E-state index in [9.17, 15) is 0 Å². The number of hydrogen-bond acceptors (Lipinski definition) is 2. The number of fused-ring (bicyclic) bond motifs is 16. The summed E-state index contributed by atoms with van der Waals surface area (Å²) in [6.45, 7) is 18.9. The van der Waals surface area contributed by atoms with Gasteiger partial charge in [0.05, 0.1) is 11.0 Å². The van der Waals surface area contributed by atoms with Crippen molar-refractivity contribution in [1.29, 1.82) is 0 Å². The largest absolute Gasteiger partial charge is 0.456 e. The van der Waals surface area contributed by atoms with Crippen LogP contribution < -0.4 is 15.7 Å². The molecule has 0 radical (unpaired) electrons. The number of rotatable bonds is 2. The number of hydrogen-bond donors (Lipinski definition) is 0. The van der Waals surface area contributed by atoms with Gasteiger partial charge in [0.15, 0.2) is 0 Å². The zero-order chi connectivity index (χ0) is 45.5. The van der Waals surface area contributed by atoms with E-state index in [2.05, 4.69) is 229 Å². The second-order valence-corrected chi connectivity index (χ2v) is 22.1. The standard InChI is InChI=1S/C63H51BN2O/c1-61(2,3)40-24-27-51-44(32-40)46-33-41(62(4,5)6)34-50-59(46)65(51)60-57-45(43-20-14-15-21-49(43)63(57,7)8)35-48-55-52(28-29-53-56(55)47-30-38-18-12-13-19-39(38)31-54(47)67-53)66(64(50)58(48)60)42-25-22-37(23-26-42)36-16-10-9-11-17-36/h9-35H,1-8H3. The van der Waals surface area contributed by atoms with Gasteiger partial charge in [0, 0.05) is 49.6 Å². The predicted octanol–water partition coefficient (Wildman–Crippen LogP) is 15.6. The lowest BCUT2D eigenvalue weighted by Gasteiger charge is -2.44. The third kappa shape index (κ3) is 5.19. The van der Waals surface area contributed by atoms with Crippen molar-refractivity contribution < 1.29 is 4.42 Å². The molecule has 11 aromatic rings. The highest BCUT2D eigenvalue weighted by Crippen LogP contribution is 2.57. The molecule has 0 bridgehead atoms. The van der Waals surface area contributed by atoms with Crippen LogP contribution in [0.5, 0.6) is 0 Å². The highest BCUT2D eigenvalue weighted by atomic mass is 16.3. The summed E-state index contributed by atoms with van der Waals surface area (Å²) < 4.78 is 9.65. The van der Waals surface area contributed by atoms with E-state index in [0.717, 1.165) is 22.2 Å². The van der Waals surface area contributed by atoms with Crippen LogP contribution in [0.1, 0.15) is 77.6 Å². The molecule has 0 unspecified atom stereocenters. The summed E-state index contributed by atoms with van der Waals surface area (Å²) in [5.41, 5.74) is 23.5. The number of nitrogens with zero attached hydrogens (tertiary/aromatic N) is 2. The molecule has 3 aliphatic rings. The Bertz CT molecular complexity index is 3970. The molecule has 2 aliphatic heterocycles. The van der Waals surface area contributed by atoms with Crippen LogP contribution in [0.15, 0.2) is 168 Å². The molecule has 9 aromatic carbocycles. The maximum atomic E-state index is 6.94. The van der Waals surface area contributed by atoms with Crippen molar-refractivity contribution in [3.63, 3.8) is 0 Å². The van der Waals surface area contributed by atoms with E-state index >= 15 is 0 Å². The molecule has 0 saturated heterocycles. The Morgan fingerprint density at radius 2 is 1.22 bits per heavy atom. The summed E-state index contributed by atoms with van der Waals surface area (Å²) in [5.74, 6) is 0. The second-order valence-electron chi connectivity index (χ2n) is 22.1. The van der Waals surface area contributed by atoms with Crippen molar-refractivity contribution in [1.82, 2.24) is 4.57 Å². The minimum atomic E-state index is -0.270. The van der Waals surface area contributed by atoms with Crippen LogP contribution in [-0.4, -0.2) is 11.4 Å². The molecule has 4 heteroatoms. The summed E-state index contributed by atoms with van der Waals surface area (Å²) in [6, 6.07) is 62.2. The van der Waals surface area contributed by atoms with Gasteiger partial charge in [-0.1, -0.05) is 159 Å². The molecule has 0 fully saturated rings. The van der Waals surface area contributed by atoms with Crippen LogP contribution >= 0.6 is 0 Å². The van der Waals surface area contributed by atoms with Gasteiger partial charge in [-0.3, -0.25) is 0 Å². The molecule has 2 aromatic heterocycles. The minimum Gasteiger partial charge on any atom is -0.456 e. The molecule has 3 nitrogen and oxygen atoms in total. The van der Waals surface area contributed by atoms with Crippen LogP contribution in [0, 0.1) is 0 Å². The Labute approximate surface area is 392 Å². The molecule has 322 valence electrons. The molecular formula is C63H51BN2O. The van der Waals surface area contributed by atoms with Crippen molar-refractivity contribution in [3.05, 3.63) is 186 Å². The van der Waals surface area contributed by atoms with E-state index in [1.807, 2.05) is 0 Å². The lowest BCUT2D eigenvalue weighted by atomic mass is 9.43. The van der Waals surface area contributed by atoms with Crippen molar-refractivity contribution in [2.75, 3.05) is 4.81 Å². The zero-order valence-electron chi connectivity index (χ0n) is 39.5. The fourth-order valence-electron chi connectivity index (χ4n) is 12.5. The molecule has 0 N–H and O–H groups in total. The second kappa shape index (κ2) is 13.0. The first kappa shape index (κ1) is 38.9. The van der Waals surface area contributed by atoms with Crippen LogP contribution in [0.3, 0.4) is 0 Å². The molecule has 67 heavy (non-hydrogen) atoms. The molecule has 0 amide bonds. The Balaban J connectivity index is 1.20. The van der Waals surface area contributed by atoms with Gasteiger partial charge in [0.1, 0.15) is 11.2 Å². The monoisotopic (exact) mass is 862 g/mol. The third-order valence-electron chi connectivity index (χ3n) is 15.8. The minimum absolute atomic E-state index is 0.0108. The summed E-state index contributed by atoms with van der Waals surface area (Å²) in [7, 11) is 0. The normalized spacial score (nSPS) is 14.6. The van der Waals surface area contributed by atoms with Crippen molar-refractivity contribution in [3.8, 4) is 39.1 Å². The molecule has 1 aliphatic carbocycles. The first-order valence-electron chi connectivity index (χ1n) is 24.0. The van der Waals surface area contributed by atoms with Gasteiger partial charge in [-0.15, -0.1) is 0 Å². The summed E-state index contributed by atoms with van der Waals surface area (Å²) in [5, 5.41) is 7.36. The summed E-state index contributed by atoms with van der Waals surface area (Å²) in [6.07, 6.45) is 0. The molecule has 0 spiro atoms. The van der Waals surface area contributed by atoms with Crippen LogP contribution in [-0.2, 0) is 16.2 Å². The highest BCUT2D eigenvalue weighted by molar-refractivity contribution is 6.94. The van der Waals surface area contributed by atoms with Crippen molar-refractivity contribution >= 4 is 83.7 Å². The predicted molar refractivity (Wildman–Crippen MR) is 285 cm³/mol. The third-order valence-corrected chi connectivity index (χ3v) is 15.8. The SMILES string of the molecule is CC(C)(C)c1ccc2c(c1)c1cc(C(C)(C)C)cc3c1n2-c1c2c(cc4c1C(C)(C)c1ccccc1-4)-c1c(ccc4oc5cc6ccccc6cc5c14)N(c1ccc(-c4ccccc4)cc1)B23. The van der Waals surface area contributed by atoms with Crippen LogP contribution in [0.4, 0.5) is 11.4 Å². The van der Waals surface area contributed by atoms with E-state index in [-0.39, 0.29) is 23.1 Å². The van der Waals surface area contributed by atoms with Gasteiger partial charge in [-0.05, 0) is 143 Å². The average Bonchev–Trinajstić information content (AvgIpc) is 3.94. The van der Waals surface area contributed by atoms with E-state index in [0.29, 0.717) is 0 Å². The average molecular weight is 863 g/mol. The van der Waals surface area contributed by atoms with E-state index in [1.165, 1.54) is 116 Å². The lowest BCUT2D eigenvalue weighted by molar-refractivity contribution is 0.590. The first-order valence-corrected chi connectivity index (χ1v) is 24.0. The summed E-state index contributed by atoms with van der Waals surface area (Å²) >= 11 is 0. The van der Waals surface area contributed by atoms with Crippen molar-refractivity contribution in [2.24, 2.45) is 0 Å². The van der Waals surface area contributed by atoms with Crippen LogP contribution in [0.2, 0.25) is 0 Å². The van der Waals surface area contributed by atoms with Gasteiger partial charge in [0.25, 0.3) is 0 Å². The first-order chi connectivity index (χ1) is 32.3. The molecule has 0 saturated carbocycles. The number of aromatic nitrogens is 1. The summed E-state index contributed by atoms with van der Waals surface area (Å²) in [4.78, 5) is 2.69. The highest BCUT2D eigenvalue weighted by Gasteiger charge is 2.50. The number of furan rings is 1. The molecular weight excluding hydrogens is 812 g/mol. The molecule has 4 heterocycles. The van der Waals surface area contributed by atoms with Crippen molar-refractivity contribution in [2.45, 2.75) is 71.6 Å². The maximum Gasteiger partial charge on any atom is 0.333 e. The smallest absolute Gasteiger partial charge is 0.333 e. The van der Waals surface area contributed by atoms with Gasteiger partial charge in [-0.2, -0.15) is 0 Å². The topological polar surface area (TPSA) is 21.3 Å². The molecule has 14 rings (SSSR count). The van der Waals surface area contributed by atoms with Gasteiger partial charge in [-0.25, -0.2) is 0 Å².